The lowest BCUT2D eigenvalue weighted by atomic mass is 9.84. The summed E-state index contributed by atoms with van der Waals surface area (Å²) in [5.74, 6) is 0.341. The Hall–Kier alpha value is -3.00. The Morgan fingerprint density at radius 1 is 1.32 bits per heavy atom. The van der Waals surface area contributed by atoms with Gasteiger partial charge in [0.2, 0.25) is 0 Å². The van der Waals surface area contributed by atoms with Gasteiger partial charge in [-0.05, 0) is 43.9 Å². The highest BCUT2D eigenvalue weighted by Gasteiger charge is 2.38. The van der Waals surface area contributed by atoms with Crippen molar-refractivity contribution in [2.24, 2.45) is 5.41 Å². The summed E-state index contributed by atoms with van der Waals surface area (Å²) in [7, 11) is 0. The van der Waals surface area contributed by atoms with Crippen LogP contribution in [0.4, 0.5) is 0 Å². The third-order valence-electron chi connectivity index (χ3n) is 6.05. The second-order valence-corrected chi connectivity index (χ2v) is 9.99. The van der Waals surface area contributed by atoms with Gasteiger partial charge >= 0.3 is 5.97 Å². The van der Waals surface area contributed by atoms with Crippen LogP contribution in [-0.2, 0) is 14.4 Å². The number of Topliss-reactive ketones (excluding diaryl/α,β-unsaturated/α-hetero) is 1. The number of aliphatic carboxylic acids is 1. The summed E-state index contributed by atoms with van der Waals surface area (Å²) in [6.07, 6.45) is 4.00. The van der Waals surface area contributed by atoms with Gasteiger partial charge in [-0.3, -0.25) is 9.59 Å². The first-order chi connectivity index (χ1) is 15.9. The topological polar surface area (TPSA) is 112 Å². The molecule has 3 N–H and O–H groups in total. The van der Waals surface area contributed by atoms with Crippen molar-refractivity contribution in [3.05, 3.63) is 58.5 Å². The van der Waals surface area contributed by atoms with Gasteiger partial charge in [-0.15, -0.1) is 11.6 Å². The third-order valence-corrected chi connectivity index (χ3v) is 6.23. The molecule has 184 valence electrons. The van der Waals surface area contributed by atoms with Gasteiger partial charge < -0.3 is 25.1 Å². The fourth-order valence-electron chi connectivity index (χ4n) is 4.05. The molecular weight excluding hydrogens is 458 g/mol. The molecule has 1 aliphatic carbocycles. The van der Waals surface area contributed by atoms with Crippen molar-refractivity contribution in [1.29, 1.82) is 0 Å². The lowest BCUT2D eigenvalue weighted by molar-refractivity contribution is -0.146. The van der Waals surface area contributed by atoms with Crippen molar-refractivity contribution in [3.63, 3.8) is 0 Å². The summed E-state index contributed by atoms with van der Waals surface area (Å²) in [5, 5.41) is 15.9. The van der Waals surface area contributed by atoms with Crippen LogP contribution >= 0.6 is 11.6 Å². The van der Waals surface area contributed by atoms with E-state index in [2.05, 4.69) is 31.4 Å². The van der Waals surface area contributed by atoms with Crippen LogP contribution in [0.1, 0.15) is 58.1 Å². The van der Waals surface area contributed by atoms with E-state index in [1.54, 1.807) is 12.2 Å². The van der Waals surface area contributed by atoms with Crippen LogP contribution in [0.15, 0.2) is 51.4 Å². The zero-order chi connectivity index (χ0) is 25.2. The van der Waals surface area contributed by atoms with Gasteiger partial charge in [-0.1, -0.05) is 26.8 Å². The fourth-order valence-corrected chi connectivity index (χ4v) is 4.14. The number of carbonyl (C=O) groups is 3. The highest BCUT2D eigenvalue weighted by atomic mass is 35.5. The number of likely N-dealkylation sites (tertiary alicyclic amines) is 1. The number of halogens is 1. The number of nitrogens with zero attached hydrogens (tertiary/aromatic N) is 1. The first-order valence-electron chi connectivity index (χ1n) is 11.3. The maximum Gasteiger partial charge on any atom is 0.326 e. The van der Waals surface area contributed by atoms with Gasteiger partial charge in [0.15, 0.2) is 5.78 Å². The second-order valence-electron chi connectivity index (χ2n) is 9.68. The van der Waals surface area contributed by atoms with Gasteiger partial charge in [0.25, 0.3) is 5.91 Å². The number of hydrogen-bond acceptors (Lipinski definition) is 6. The van der Waals surface area contributed by atoms with Crippen LogP contribution in [0.2, 0.25) is 0 Å². The van der Waals surface area contributed by atoms with Crippen LogP contribution < -0.4 is 10.6 Å². The average Bonchev–Trinajstić information content (AvgIpc) is 3.34. The van der Waals surface area contributed by atoms with E-state index in [1.165, 1.54) is 11.8 Å². The Kier molecular flexibility index (Phi) is 7.60. The predicted molar refractivity (Wildman–Crippen MR) is 129 cm³/mol. The molecule has 0 radical (unpaired) electrons. The molecule has 0 aromatic carbocycles. The Bertz CT molecular complexity index is 1080. The quantitative estimate of drug-likeness (QED) is 0.357. The number of allylic oxidation sites excluding steroid dienone is 4. The van der Waals surface area contributed by atoms with E-state index in [4.69, 9.17) is 16.0 Å². The van der Waals surface area contributed by atoms with Gasteiger partial charge in [0.1, 0.15) is 17.6 Å². The zero-order valence-corrected chi connectivity index (χ0v) is 21.0. The van der Waals surface area contributed by atoms with E-state index in [0.29, 0.717) is 35.6 Å². The first kappa shape index (κ1) is 25.6. The summed E-state index contributed by atoms with van der Waals surface area (Å²) in [6, 6.07) is 2.63. The number of carboxylic acids is 1. The molecule has 1 aromatic rings. The molecule has 3 rings (SSSR count). The lowest BCUT2D eigenvalue weighted by Gasteiger charge is -2.35. The van der Waals surface area contributed by atoms with Crippen LogP contribution in [0.5, 0.6) is 0 Å². The number of alkyl halides is 1. The number of furan rings is 1. The molecule has 0 bridgehead atoms. The molecule has 1 aromatic heterocycles. The van der Waals surface area contributed by atoms with Crippen LogP contribution in [0, 0.1) is 12.3 Å². The Labute approximate surface area is 204 Å². The molecule has 9 heteroatoms. The number of nitrogens with one attached hydrogen (secondary N) is 2. The molecule has 0 spiro atoms. The smallest absolute Gasteiger partial charge is 0.326 e. The molecule has 2 atom stereocenters. The summed E-state index contributed by atoms with van der Waals surface area (Å²) in [5.41, 5.74) is 1.87. The average molecular weight is 490 g/mol. The number of rotatable bonds is 9. The highest BCUT2D eigenvalue weighted by Crippen LogP contribution is 2.36. The molecule has 1 aliphatic heterocycles. The number of amides is 1. The molecule has 1 amide bonds. The normalized spacial score (nSPS) is 20.0. The van der Waals surface area contributed by atoms with Crippen molar-refractivity contribution in [3.8, 4) is 0 Å². The van der Waals surface area contributed by atoms with Crippen molar-refractivity contribution in [2.75, 3.05) is 12.4 Å². The summed E-state index contributed by atoms with van der Waals surface area (Å²) in [4.78, 5) is 38.2. The fraction of sp³-hybridized carbons (Fsp3) is 0.480. The molecule has 0 saturated carbocycles. The van der Waals surface area contributed by atoms with E-state index in [1.807, 2.05) is 19.1 Å². The van der Waals surface area contributed by atoms with Crippen LogP contribution in [0.25, 0.3) is 0 Å². The van der Waals surface area contributed by atoms with E-state index in [0.717, 1.165) is 11.5 Å². The monoisotopic (exact) mass is 489 g/mol. The SMILES string of the molecule is Cc1ccc([C@H](NC2=C(NC(/C=C\CCl)=C3/CCN([C@H](C)C(=O)O)C3=O)CC2=O)C(C)(C)C)o1. The number of aryl methyl sites for hydroxylation is 1. The van der Waals surface area contributed by atoms with Crippen molar-refractivity contribution < 1.29 is 23.9 Å². The van der Waals surface area contributed by atoms with E-state index in [-0.39, 0.29) is 35.4 Å². The third kappa shape index (κ3) is 5.38. The number of carbonyl (C=O) groups excluding carboxylic acids is 2. The van der Waals surface area contributed by atoms with E-state index >= 15 is 0 Å². The van der Waals surface area contributed by atoms with Gasteiger partial charge in [-0.25, -0.2) is 4.79 Å². The lowest BCUT2D eigenvalue weighted by Crippen LogP contribution is -2.42. The van der Waals surface area contributed by atoms with E-state index < -0.39 is 12.0 Å². The standard InChI is InChI=1S/C25H32ClN3O5/c1-14-8-9-20(34-14)22(25(3,4)5)28-21-18(13-19(21)30)27-17(7-6-11-26)16-10-12-29(23(16)31)15(2)24(32)33/h6-9,15,22,27-28H,10-13H2,1-5H3,(H,32,33)/b7-6-,17-16-/t15-,22+/m1/s1. The number of hydrogen-bond donors (Lipinski definition) is 3. The zero-order valence-electron chi connectivity index (χ0n) is 20.2. The molecule has 2 aliphatic rings. The highest BCUT2D eigenvalue weighted by molar-refractivity contribution is 6.18. The maximum atomic E-state index is 13.0. The van der Waals surface area contributed by atoms with E-state index in [9.17, 15) is 19.5 Å². The predicted octanol–water partition coefficient (Wildman–Crippen LogP) is 3.79. The Morgan fingerprint density at radius 3 is 2.56 bits per heavy atom. The first-order valence-corrected chi connectivity index (χ1v) is 11.8. The maximum absolute atomic E-state index is 13.0. The van der Waals surface area contributed by atoms with Crippen molar-refractivity contribution in [1.82, 2.24) is 15.5 Å². The second kappa shape index (κ2) is 10.1. The van der Waals surface area contributed by atoms with Gasteiger partial charge in [0, 0.05) is 23.7 Å². The largest absolute Gasteiger partial charge is 0.480 e. The molecule has 1 saturated heterocycles. The van der Waals surface area contributed by atoms with Crippen molar-refractivity contribution >= 4 is 29.3 Å². The van der Waals surface area contributed by atoms with Crippen LogP contribution in [0.3, 0.4) is 0 Å². The minimum atomic E-state index is -1.06. The Morgan fingerprint density at radius 2 is 2.03 bits per heavy atom. The molecule has 34 heavy (non-hydrogen) atoms. The summed E-state index contributed by atoms with van der Waals surface area (Å²) in [6.45, 7) is 9.86. The number of carboxylic acid groups (broad SMARTS) is 1. The minimum Gasteiger partial charge on any atom is -0.480 e. The molecular formula is C25H32ClN3O5. The van der Waals surface area contributed by atoms with Gasteiger partial charge in [-0.2, -0.15) is 0 Å². The molecule has 1 fully saturated rings. The summed E-state index contributed by atoms with van der Waals surface area (Å²) >= 11 is 5.84. The van der Waals surface area contributed by atoms with Gasteiger partial charge in [0.05, 0.1) is 23.9 Å². The molecule has 0 unspecified atom stereocenters. The van der Waals surface area contributed by atoms with Crippen LogP contribution in [-0.4, -0.2) is 46.1 Å². The molecule has 8 nitrogen and oxygen atoms in total. The molecule has 2 heterocycles. The number of ketones is 1. The summed E-state index contributed by atoms with van der Waals surface area (Å²) < 4.78 is 5.85. The van der Waals surface area contributed by atoms with Crippen molar-refractivity contribution in [2.45, 2.75) is 59.5 Å². The minimum absolute atomic E-state index is 0.0374. The Balaban J connectivity index is 1.92.